The zero-order valence-corrected chi connectivity index (χ0v) is 12.6. The molecule has 0 aromatic carbocycles. The molecule has 1 N–H and O–H groups in total. The van der Waals surface area contributed by atoms with Gasteiger partial charge in [-0.2, -0.15) is 0 Å². The van der Waals surface area contributed by atoms with Crippen molar-refractivity contribution in [3.05, 3.63) is 41.8 Å². The van der Waals surface area contributed by atoms with Crippen molar-refractivity contribution >= 4 is 28.0 Å². The predicted octanol–water partition coefficient (Wildman–Crippen LogP) is 2.08. The van der Waals surface area contributed by atoms with E-state index in [0.29, 0.717) is 6.42 Å². The molecular weight excluding hydrogens is 296 g/mol. The second-order valence-electron chi connectivity index (χ2n) is 5.43. The maximum atomic E-state index is 12.1. The van der Waals surface area contributed by atoms with Gasteiger partial charge in [-0.3, -0.25) is 14.8 Å². The number of thiazole rings is 1. The van der Waals surface area contributed by atoms with E-state index in [1.54, 1.807) is 23.0 Å². The van der Waals surface area contributed by atoms with Gasteiger partial charge in [-0.25, -0.2) is 4.98 Å². The van der Waals surface area contributed by atoms with Crippen molar-refractivity contribution in [3.8, 4) is 10.6 Å². The van der Waals surface area contributed by atoms with Crippen molar-refractivity contribution in [3.63, 3.8) is 0 Å². The van der Waals surface area contributed by atoms with Gasteiger partial charge in [0.05, 0.1) is 21.6 Å². The van der Waals surface area contributed by atoms with Crippen molar-refractivity contribution in [2.75, 3.05) is 13.1 Å². The summed E-state index contributed by atoms with van der Waals surface area (Å²) < 4.78 is 0. The minimum absolute atomic E-state index is 0.147. The first-order valence-corrected chi connectivity index (χ1v) is 8.05. The number of aromatic nitrogens is 3. The molecule has 3 aromatic heterocycles. The Morgan fingerprint density at radius 3 is 2.95 bits per heavy atom. The highest BCUT2D eigenvalue weighted by Gasteiger charge is 2.24. The summed E-state index contributed by atoms with van der Waals surface area (Å²) >= 11 is 1.56. The van der Waals surface area contributed by atoms with E-state index in [1.807, 2.05) is 24.4 Å². The minimum Gasteiger partial charge on any atom is -0.315 e. The summed E-state index contributed by atoms with van der Waals surface area (Å²) in [5, 5.41) is 4.10. The second kappa shape index (κ2) is 5.55. The van der Waals surface area contributed by atoms with Crippen LogP contribution in [-0.2, 0) is 11.2 Å². The van der Waals surface area contributed by atoms with Gasteiger partial charge in [0.25, 0.3) is 0 Å². The van der Waals surface area contributed by atoms with E-state index in [2.05, 4.69) is 20.3 Å². The molecule has 0 aliphatic carbocycles. The molecule has 0 bridgehead atoms. The van der Waals surface area contributed by atoms with Gasteiger partial charge in [0.15, 0.2) is 0 Å². The van der Waals surface area contributed by atoms with Gasteiger partial charge in [0.1, 0.15) is 5.78 Å². The molecule has 22 heavy (non-hydrogen) atoms. The van der Waals surface area contributed by atoms with Gasteiger partial charge in [0.2, 0.25) is 0 Å². The predicted molar refractivity (Wildman–Crippen MR) is 85.7 cm³/mol. The summed E-state index contributed by atoms with van der Waals surface area (Å²) in [4.78, 5) is 26.3. The number of nitrogens with one attached hydrogen (secondary N) is 1. The number of ketones is 1. The largest absolute Gasteiger partial charge is 0.315 e. The minimum atomic E-state index is 0.147. The highest BCUT2D eigenvalue weighted by molar-refractivity contribution is 7.13. The van der Waals surface area contributed by atoms with Crippen LogP contribution in [0, 0.1) is 5.92 Å². The van der Waals surface area contributed by atoms with E-state index in [9.17, 15) is 4.79 Å². The Balaban J connectivity index is 1.65. The Morgan fingerprint density at radius 1 is 1.32 bits per heavy atom. The number of pyridine rings is 2. The molecule has 1 aliphatic rings. The van der Waals surface area contributed by atoms with Gasteiger partial charge in [0, 0.05) is 48.9 Å². The monoisotopic (exact) mass is 310 g/mol. The zero-order chi connectivity index (χ0) is 14.9. The van der Waals surface area contributed by atoms with Gasteiger partial charge < -0.3 is 5.32 Å². The van der Waals surface area contributed by atoms with Gasteiger partial charge in [-0.05, 0) is 18.2 Å². The lowest BCUT2D eigenvalue weighted by Gasteiger charge is -2.25. The average molecular weight is 310 g/mol. The van der Waals surface area contributed by atoms with Crippen molar-refractivity contribution in [1.29, 1.82) is 0 Å². The molecule has 4 rings (SSSR count). The standard InChI is InChI=1S/C16H14N4OS/c21-15(11-5-17-6-11)4-12-3-14-10(7-19-12)1-2-13(20-14)16-8-18-9-22-16/h1-3,7-9,11,17H,4-6H2. The van der Waals surface area contributed by atoms with E-state index in [4.69, 9.17) is 0 Å². The molecule has 110 valence electrons. The molecule has 3 aromatic rings. The van der Waals surface area contributed by atoms with Crippen molar-refractivity contribution < 1.29 is 4.79 Å². The molecule has 4 heterocycles. The number of nitrogens with zero attached hydrogens (tertiary/aromatic N) is 3. The van der Waals surface area contributed by atoms with Gasteiger partial charge in [-0.15, -0.1) is 11.3 Å². The lowest BCUT2D eigenvalue weighted by atomic mass is 9.94. The Bertz CT molecular complexity index is 827. The molecule has 1 fully saturated rings. The van der Waals surface area contributed by atoms with Crippen molar-refractivity contribution in [2.24, 2.45) is 5.92 Å². The smallest absolute Gasteiger partial charge is 0.144 e. The van der Waals surface area contributed by atoms with Crippen LogP contribution in [0.5, 0.6) is 0 Å². The molecule has 0 radical (unpaired) electrons. The summed E-state index contributed by atoms with van der Waals surface area (Å²) in [6.45, 7) is 1.58. The Labute approximate surface area is 131 Å². The van der Waals surface area contributed by atoms with Crippen LogP contribution in [-0.4, -0.2) is 33.8 Å². The third kappa shape index (κ3) is 2.51. The summed E-state index contributed by atoms with van der Waals surface area (Å²) in [6, 6.07) is 5.90. The number of hydrogen-bond acceptors (Lipinski definition) is 6. The van der Waals surface area contributed by atoms with Crippen LogP contribution in [0.3, 0.4) is 0 Å². The molecule has 1 saturated heterocycles. The van der Waals surface area contributed by atoms with E-state index in [0.717, 1.165) is 40.3 Å². The quantitative estimate of drug-likeness (QED) is 0.799. The van der Waals surface area contributed by atoms with Crippen LogP contribution >= 0.6 is 11.3 Å². The maximum Gasteiger partial charge on any atom is 0.144 e. The number of carbonyl (C=O) groups is 1. The first-order chi connectivity index (χ1) is 10.8. The zero-order valence-electron chi connectivity index (χ0n) is 11.8. The number of hydrogen-bond donors (Lipinski definition) is 1. The highest BCUT2D eigenvalue weighted by Crippen LogP contribution is 2.24. The van der Waals surface area contributed by atoms with Crippen molar-refractivity contribution in [1.82, 2.24) is 20.3 Å². The first kappa shape index (κ1) is 13.5. The van der Waals surface area contributed by atoms with E-state index in [1.165, 1.54) is 0 Å². The fourth-order valence-electron chi connectivity index (χ4n) is 2.47. The van der Waals surface area contributed by atoms with E-state index < -0.39 is 0 Å². The average Bonchev–Trinajstić information content (AvgIpc) is 2.98. The number of Topliss-reactive ketones (excluding diaryl/α,β-unsaturated/α-hetero) is 1. The summed E-state index contributed by atoms with van der Waals surface area (Å²) in [5.74, 6) is 0.401. The van der Waals surface area contributed by atoms with E-state index in [-0.39, 0.29) is 11.7 Å². The fourth-order valence-corrected chi connectivity index (χ4v) is 3.06. The van der Waals surface area contributed by atoms with Crippen molar-refractivity contribution in [2.45, 2.75) is 6.42 Å². The molecule has 1 aliphatic heterocycles. The van der Waals surface area contributed by atoms with Crippen LogP contribution in [0.15, 0.2) is 36.1 Å². The third-order valence-electron chi connectivity index (χ3n) is 3.91. The molecule has 5 nitrogen and oxygen atoms in total. The van der Waals surface area contributed by atoms with E-state index >= 15 is 0 Å². The van der Waals surface area contributed by atoms with Crippen LogP contribution < -0.4 is 5.32 Å². The molecule has 0 amide bonds. The van der Waals surface area contributed by atoms with Crippen LogP contribution in [0.2, 0.25) is 0 Å². The lowest BCUT2D eigenvalue weighted by Crippen LogP contribution is -2.47. The highest BCUT2D eigenvalue weighted by atomic mass is 32.1. The number of carbonyl (C=O) groups excluding carboxylic acids is 1. The maximum absolute atomic E-state index is 12.1. The van der Waals surface area contributed by atoms with Gasteiger partial charge in [-0.1, -0.05) is 0 Å². The number of fused-ring (bicyclic) bond motifs is 1. The normalized spacial score (nSPS) is 14.9. The Morgan fingerprint density at radius 2 is 2.23 bits per heavy atom. The number of rotatable bonds is 4. The lowest BCUT2D eigenvalue weighted by molar-refractivity contribution is -0.123. The van der Waals surface area contributed by atoms with Crippen LogP contribution in [0.4, 0.5) is 0 Å². The third-order valence-corrected chi connectivity index (χ3v) is 4.70. The van der Waals surface area contributed by atoms with Gasteiger partial charge >= 0.3 is 0 Å². The Kier molecular flexibility index (Phi) is 3.40. The first-order valence-electron chi connectivity index (χ1n) is 7.17. The topological polar surface area (TPSA) is 67.8 Å². The SMILES string of the molecule is O=C(Cc1cc2nc(-c3cncs3)ccc2cn1)C1CNC1. The molecule has 0 atom stereocenters. The summed E-state index contributed by atoms with van der Waals surface area (Å²) in [7, 11) is 0. The Hall–Kier alpha value is -2.18. The fraction of sp³-hybridized carbons (Fsp3) is 0.250. The molecule has 0 unspecified atom stereocenters. The molecule has 0 saturated carbocycles. The molecule has 6 heteroatoms. The van der Waals surface area contributed by atoms with Crippen LogP contribution in [0.25, 0.3) is 21.5 Å². The van der Waals surface area contributed by atoms with Crippen LogP contribution in [0.1, 0.15) is 5.69 Å². The molecule has 0 spiro atoms. The summed E-state index contributed by atoms with van der Waals surface area (Å²) in [5.41, 5.74) is 4.36. The second-order valence-corrected chi connectivity index (χ2v) is 6.32. The summed E-state index contributed by atoms with van der Waals surface area (Å²) in [6.07, 6.45) is 3.99. The molecular formula is C16H14N4OS.